The standard InChI is InChI=1S/C58H39N/c1-3-16-40(17-4-1)47-21-13-14-29-56(47)59(46-37-32-43(33-38-46)50-39-34-41-18-7-8-22-48(41)57(50)44-19-5-2-6-20-44)45-35-30-42(31-36-45)49-27-15-28-55-53-24-10-9-23-51(53)52-25-11-12-26-54(52)58(49)55/h1-39H. The molecule has 0 aliphatic heterocycles. The van der Waals surface area contributed by atoms with Crippen molar-refractivity contribution < 1.29 is 0 Å². The Balaban J connectivity index is 1.06. The van der Waals surface area contributed by atoms with Gasteiger partial charge in [-0.3, -0.25) is 0 Å². The van der Waals surface area contributed by atoms with Gasteiger partial charge in [0, 0.05) is 16.9 Å². The fraction of sp³-hybridized carbons (Fsp3) is 0. The Bertz CT molecular complexity index is 3250. The molecule has 11 aromatic rings. The van der Waals surface area contributed by atoms with E-state index in [1.54, 1.807) is 0 Å². The maximum Gasteiger partial charge on any atom is 0.0540 e. The van der Waals surface area contributed by atoms with Crippen molar-refractivity contribution in [3.05, 3.63) is 237 Å². The minimum Gasteiger partial charge on any atom is -0.310 e. The van der Waals surface area contributed by atoms with E-state index in [0.29, 0.717) is 0 Å². The van der Waals surface area contributed by atoms with E-state index < -0.39 is 0 Å². The lowest BCUT2D eigenvalue weighted by Crippen LogP contribution is -2.11. The molecule has 11 rings (SSSR count). The zero-order valence-corrected chi connectivity index (χ0v) is 32.5. The zero-order chi connectivity index (χ0) is 39.1. The van der Waals surface area contributed by atoms with Crippen LogP contribution in [0.5, 0.6) is 0 Å². The van der Waals surface area contributed by atoms with Crippen molar-refractivity contribution in [3.63, 3.8) is 0 Å². The average Bonchev–Trinajstić information content (AvgIpc) is 3.32. The summed E-state index contributed by atoms with van der Waals surface area (Å²) in [5.74, 6) is 0. The maximum absolute atomic E-state index is 2.40. The van der Waals surface area contributed by atoms with Crippen LogP contribution in [0.15, 0.2) is 237 Å². The largest absolute Gasteiger partial charge is 0.310 e. The summed E-state index contributed by atoms with van der Waals surface area (Å²) in [6.07, 6.45) is 0. The van der Waals surface area contributed by atoms with Gasteiger partial charge in [0.1, 0.15) is 0 Å². The van der Waals surface area contributed by atoms with Crippen LogP contribution in [0.25, 0.3) is 87.6 Å². The Hall–Kier alpha value is -7.74. The zero-order valence-electron chi connectivity index (χ0n) is 32.5. The fourth-order valence-corrected chi connectivity index (χ4v) is 9.16. The predicted molar refractivity (Wildman–Crippen MR) is 253 cm³/mol. The molecule has 0 aliphatic rings. The van der Waals surface area contributed by atoms with E-state index in [0.717, 1.165) is 17.1 Å². The Morgan fingerprint density at radius 1 is 0.237 bits per heavy atom. The molecule has 0 spiro atoms. The molecular weight excluding hydrogens is 711 g/mol. The maximum atomic E-state index is 2.40. The first-order valence-electron chi connectivity index (χ1n) is 20.3. The first-order valence-corrected chi connectivity index (χ1v) is 20.3. The SMILES string of the molecule is c1ccc(-c2ccccc2N(c2ccc(-c3ccc4ccccc4c3-c3ccccc3)cc2)c2ccc(-c3cccc4c5ccccc5c5ccccc5c34)cc2)cc1. The third-order valence-corrected chi connectivity index (χ3v) is 11.9. The summed E-state index contributed by atoms with van der Waals surface area (Å²) >= 11 is 0. The van der Waals surface area contributed by atoms with Gasteiger partial charge in [0.05, 0.1) is 5.69 Å². The summed E-state index contributed by atoms with van der Waals surface area (Å²) in [7, 11) is 0. The molecule has 0 saturated carbocycles. The second-order valence-electron chi connectivity index (χ2n) is 15.2. The number of rotatable bonds is 7. The van der Waals surface area contributed by atoms with Crippen molar-refractivity contribution in [2.24, 2.45) is 0 Å². The topological polar surface area (TPSA) is 3.24 Å². The number of hydrogen-bond acceptors (Lipinski definition) is 1. The van der Waals surface area contributed by atoms with Crippen molar-refractivity contribution in [2.75, 3.05) is 4.90 Å². The molecule has 0 N–H and O–H groups in total. The summed E-state index contributed by atoms with van der Waals surface area (Å²) in [5.41, 5.74) is 13.0. The molecule has 0 amide bonds. The lowest BCUT2D eigenvalue weighted by molar-refractivity contribution is 1.28. The van der Waals surface area contributed by atoms with Crippen LogP contribution in [-0.4, -0.2) is 0 Å². The highest BCUT2D eigenvalue weighted by Crippen LogP contribution is 2.45. The highest BCUT2D eigenvalue weighted by Gasteiger charge is 2.19. The molecule has 0 bridgehead atoms. The lowest BCUT2D eigenvalue weighted by Gasteiger charge is -2.28. The Labute approximate surface area is 344 Å². The minimum atomic E-state index is 1.09. The molecule has 0 atom stereocenters. The van der Waals surface area contributed by atoms with Crippen LogP contribution in [0.2, 0.25) is 0 Å². The smallest absolute Gasteiger partial charge is 0.0540 e. The van der Waals surface area contributed by atoms with Crippen LogP contribution in [0, 0.1) is 0 Å². The van der Waals surface area contributed by atoms with Crippen molar-refractivity contribution in [3.8, 4) is 44.5 Å². The summed E-state index contributed by atoms with van der Waals surface area (Å²) < 4.78 is 0. The quantitative estimate of drug-likeness (QED) is 0.147. The fourth-order valence-electron chi connectivity index (χ4n) is 9.16. The van der Waals surface area contributed by atoms with Crippen LogP contribution in [-0.2, 0) is 0 Å². The van der Waals surface area contributed by atoms with E-state index in [2.05, 4.69) is 241 Å². The van der Waals surface area contributed by atoms with Gasteiger partial charge in [-0.05, 0) is 112 Å². The normalized spacial score (nSPS) is 11.4. The number of nitrogens with zero attached hydrogens (tertiary/aromatic N) is 1. The van der Waals surface area contributed by atoms with Gasteiger partial charge in [-0.1, -0.05) is 206 Å². The van der Waals surface area contributed by atoms with Gasteiger partial charge in [0.15, 0.2) is 0 Å². The molecular formula is C58H39N. The summed E-state index contributed by atoms with van der Waals surface area (Å²) in [6, 6.07) is 86.1. The van der Waals surface area contributed by atoms with Gasteiger partial charge in [0.25, 0.3) is 0 Å². The third-order valence-electron chi connectivity index (χ3n) is 11.9. The predicted octanol–water partition coefficient (Wildman–Crippen LogP) is 16.4. The van der Waals surface area contributed by atoms with E-state index in [4.69, 9.17) is 0 Å². The second-order valence-corrected chi connectivity index (χ2v) is 15.2. The van der Waals surface area contributed by atoms with Crippen molar-refractivity contribution >= 4 is 60.2 Å². The Morgan fingerprint density at radius 2 is 0.678 bits per heavy atom. The highest BCUT2D eigenvalue weighted by molar-refractivity contribution is 6.28. The summed E-state index contributed by atoms with van der Waals surface area (Å²) in [5, 5.41) is 10.2. The van der Waals surface area contributed by atoms with E-state index in [-0.39, 0.29) is 0 Å². The van der Waals surface area contributed by atoms with Gasteiger partial charge in [-0.25, -0.2) is 0 Å². The molecule has 276 valence electrons. The molecule has 59 heavy (non-hydrogen) atoms. The molecule has 0 heterocycles. The van der Waals surface area contributed by atoms with Crippen molar-refractivity contribution in [1.29, 1.82) is 0 Å². The van der Waals surface area contributed by atoms with Crippen LogP contribution < -0.4 is 4.90 Å². The molecule has 1 nitrogen and oxygen atoms in total. The van der Waals surface area contributed by atoms with E-state index >= 15 is 0 Å². The molecule has 0 aromatic heterocycles. The van der Waals surface area contributed by atoms with Gasteiger partial charge in [-0.15, -0.1) is 0 Å². The Morgan fingerprint density at radius 3 is 1.32 bits per heavy atom. The van der Waals surface area contributed by atoms with Gasteiger partial charge in [-0.2, -0.15) is 0 Å². The number of para-hydroxylation sites is 1. The van der Waals surface area contributed by atoms with E-state index in [1.165, 1.54) is 87.6 Å². The monoisotopic (exact) mass is 749 g/mol. The second kappa shape index (κ2) is 14.6. The number of benzene rings is 11. The minimum absolute atomic E-state index is 1.09. The first kappa shape index (κ1) is 34.5. The van der Waals surface area contributed by atoms with Crippen molar-refractivity contribution in [1.82, 2.24) is 0 Å². The highest BCUT2D eigenvalue weighted by atomic mass is 15.1. The van der Waals surface area contributed by atoms with Gasteiger partial charge < -0.3 is 4.90 Å². The molecule has 0 aliphatic carbocycles. The van der Waals surface area contributed by atoms with Crippen LogP contribution in [0.3, 0.4) is 0 Å². The Kier molecular flexibility index (Phi) is 8.56. The molecule has 0 unspecified atom stereocenters. The van der Waals surface area contributed by atoms with Crippen LogP contribution in [0.1, 0.15) is 0 Å². The van der Waals surface area contributed by atoms with Crippen molar-refractivity contribution in [2.45, 2.75) is 0 Å². The summed E-state index contributed by atoms with van der Waals surface area (Å²) in [4.78, 5) is 2.40. The van der Waals surface area contributed by atoms with Crippen LogP contribution in [0.4, 0.5) is 17.1 Å². The third kappa shape index (κ3) is 6.04. The van der Waals surface area contributed by atoms with Crippen LogP contribution >= 0.6 is 0 Å². The molecule has 1 heteroatoms. The molecule has 11 aromatic carbocycles. The van der Waals surface area contributed by atoms with E-state index in [1.807, 2.05) is 0 Å². The van der Waals surface area contributed by atoms with E-state index in [9.17, 15) is 0 Å². The van der Waals surface area contributed by atoms with Gasteiger partial charge >= 0.3 is 0 Å². The number of fused-ring (bicyclic) bond motifs is 7. The number of hydrogen-bond donors (Lipinski definition) is 0. The average molecular weight is 750 g/mol. The van der Waals surface area contributed by atoms with Gasteiger partial charge in [0.2, 0.25) is 0 Å². The molecule has 0 fully saturated rings. The first-order chi connectivity index (χ1) is 29.3. The molecule has 0 radical (unpaired) electrons. The molecule has 0 saturated heterocycles. The number of anilines is 3. The lowest BCUT2D eigenvalue weighted by atomic mass is 9.89. The summed E-state index contributed by atoms with van der Waals surface area (Å²) in [6.45, 7) is 0.